The monoisotopic (exact) mass is 184 g/mol. The van der Waals surface area contributed by atoms with Crippen LogP contribution in [0.25, 0.3) is 0 Å². The normalized spacial score (nSPS) is 15.8. The van der Waals surface area contributed by atoms with Gasteiger partial charge in [-0.25, -0.2) is 0 Å². The summed E-state index contributed by atoms with van der Waals surface area (Å²) in [6.07, 6.45) is 8.74. The molecule has 0 atom stereocenters. The highest BCUT2D eigenvalue weighted by atomic mass is 28.3. The van der Waals surface area contributed by atoms with Gasteiger partial charge in [0.2, 0.25) is 0 Å². The largest absolute Gasteiger partial charge is 0.400 e. The van der Waals surface area contributed by atoms with E-state index in [1.807, 2.05) is 0 Å². The minimum Gasteiger partial charge on any atom is -0.400 e. The maximum atomic E-state index is 5.23. The maximum Gasteiger partial charge on any atom is 0.321 e. The van der Waals surface area contributed by atoms with E-state index < -0.39 is 9.28 Å². The van der Waals surface area contributed by atoms with Crippen molar-refractivity contribution in [2.75, 3.05) is 14.2 Å². The Hall–Kier alpha value is -0.383. The Morgan fingerprint density at radius 2 is 2.17 bits per heavy atom. The Morgan fingerprint density at radius 1 is 1.42 bits per heavy atom. The van der Waals surface area contributed by atoms with Crippen molar-refractivity contribution in [2.24, 2.45) is 0 Å². The van der Waals surface area contributed by atoms with Gasteiger partial charge in [0, 0.05) is 14.2 Å². The Morgan fingerprint density at radius 3 is 2.67 bits per heavy atom. The zero-order valence-corrected chi connectivity index (χ0v) is 8.90. The van der Waals surface area contributed by atoms with Gasteiger partial charge in [-0.15, -0.1) is 0 Å². The van der Waals surface area contributed by atoms with Gasteiger partial charge in [-0.05, 0) is 18.9 Å². The molecular formula is C9H16O2Si. The molecule has 0 N–H and O–H groups in total. The molecule has 0 unspecified atom stereocenters. The fourth-order valence-electron chi connectivity index (χ4n) is 1.31. The van der Waals surface area contributed by atoms with Crippen molar-refractivity contribution in [3.63, 3.8) is 0 Å². The second-order valence-electron chi connectivity index (χ2n) is 2.90. The molecule has 1 aliphatic carbocycles. The van der Waals surface area contributed by atoms with Crippen LogP contribution in [0, 0.1) is 0 Å². The van der Waals surface area contributed by atoms with E-state index in [1.165, 1.54) is 5.57 Å². The molecule has 0 aromatic rings. The number of hydrogen-bond acceptors (Lipinski definition) is 2. The average molecular weight is 184 g/mol. The van der Waals surface area contributed by atoms with Crippen LogP contribution in [-0.2, 0) is 8.85 Å². The van der Waals surface area contributed by atoms with Crippen molar-refractivity contribution >= 4 is 9.28 Å². The van der Waals surface area contributed by atoms with Crippen LogP contribution >= 0.6 is 0 Å². The van der Waals surface area contributed by atoms with Crippen molar-refractivity contribution < 1.29 is 8.85 Å². The lowest BCUT2D eigenvalue weighted by Crippen LogP contribution is -2.18. The van der Waals surface area contributed by atoms with Gasteiger partial charge in [-0.1, -0.05) is 23.8 Å². The van der Waals surface area contributed by atoms with Gasteiger partial charge >= 0.3 is 9.28 Å². The molecule has 0 amide bonds. The fraction of sp³-hybridized carbons (Fsp3) is 0.556. The summed E-state index contributed by atoms with van der Waals surface area (Å²) in [4.78, 5) is 0. The van der Waals surface area contributed by atoms with Crippen LogP contribution in [0.3, 0.4) is 0 Å². The Kier molecular flexibility index (Phi) is 4.28. The molecule has 1 rings (SSSR count). The van der Waals surface area contributed by atoms with Gasteiger partial charge < -0.3 is 8.85 Å². The summed E-state index contributed by atoms with van der Waals surface area (Å²) in [5.41, 5.74) is 1.50. The second-order valence-corrected chi connectivity index (χ2v) is 5.28. The van der Waals surface area contributed by atoms with Gasteiger partial charge in [0.25, 0.3) is 0 Å². The van der Waals surface area contributed by atoms with Crippen molar-refractivity contribution in [1.82, 2.24) is 0 Å². The van der Waals surface area contributed by atoms with Crippen LogP contribution in [0.1, 0.15) is 12.8 Å². The van der Waals surface area contributed by atoms with E-state index in [0.717, 1.165) is 18.9 Å². The molecule has 0 bridgehead atoms. The lowest BCUT2D eigenvalue weighted by molar-refractivity contribution is 0.277. The van der Waals surface area contributed by atoms with E-state index >= 15 is 0 Å². The molecule has 2 nitrogen and oxygen atoms in total. The van der Waals surface area contributed by atoms with Crippen molar-refractivity contribution in [3.8, 4) is 0 Å². The van der Waals surface area contributed by atoms with Crippen LogP contribution < -0.4 is 0 Å². The SMILES string of the molecule is CO[SiH](CCC1=CC=CC1)OC. The molecule has 0 fully saturated rings. The molecule has 0 saturated heterocycles. The third kappa shape index (κ3) is 2.93. The standard InChI is InChI=1S/C9H16O2Si/c1-10-12(11-2)8-7-9-5-3-4-6-9/h3-5,12H,6-8H2,1-2H3. The zero-order chi connectivity index (χ0) is 8.81. The van der Waals surface area contributed by atoms with Gasteiger partial charge in [0.15, 0.2) is 0 Å². The first-order valence-corrected chi connectivity index (χ1v) is 6.03. The molecule has 0 heterocycles. The molecule has 68 valence electrons. The highest BCUT2D eigenvalue weighted by Gasteiger charge is 2.10. The second kappa shape index (κ2) is 5.30. The molecule has 0 aliphatic heterocycles. The molecule has 0 spiro atoms. The lowest BCUT2D eigenvalue weighted by Gasteiger charge is -2.10. The van der Waals surface area contributed by atoms with Crippen LogP contribution in [0.4, 0.5) is 0 Å². The predicted octanol–water partition coefficient (Wildman–Crippen LogP) is 1.78. The molecule has 0 saturated carbocycles. The van der Waals surface area contributed by atoms with Crippen LogP contribution in [0.15, 0.2) is 23.8 Å². The number of hydrogen-bond donors (Lipinski definition) is 0. The van der Waals surface area contributed by atoms with Crippen molar-refractivity contribution in [2.45, 2.75) is 18.9 Å². The molecule has 12 heavy (non-hydrogen) atoms. The van der Waals surface area contributed by atoms with E-state index in [4.69, 9.17) is 8.85 Å². The van der Waals surface area contributed by atoms with Gasteiger partial charge in [0.1, 0.15) is 0 Å². The zero-order valence-electron chi connectivity index (χ0n) is 7.75. The smallest absolute Gasteiger partial charge is 0.321 e. The fourth-order valence-corrected chi connectivity index (χ4v) is 2.58. The minimum absolute atomic E-state index is 1.08. The Balaban J connectivity index is 2.16. The molecule has 3 heteroatoms. The van der Waals surface area contributed by atoms with Crippen LogP contribution in [0.2, 0.25) is 6.04 Å². The average Bonchev–Trinajstić information content (AvgIpc) is 2.59. The summed E-state index contributed by atoms with van der Waals surface area (Å²) in [6.45, 7) is 0. The summed E-state index contributed by atoms with van der Waals surface area (Å²) in [5.74, 6) is 0. The molecule has 1 aliphatic rings. The Labute approximate surface area is 75.7 Å². The van der Waals surface area contributed by atoms with E-state index in [9.17, 15) is 0 Å². The summed E-state index contributed by atoms with van der Waals surface area (Å²) in [5, 5.41) is 0. The highest BCUT2D eigenvalue weighted by Crippen LogP contribution is 2.17. The van der Waals surface area contributed by atoms with E-state index in [1.54, 1.807) is 14.2 Å². The molecule has 0 aromatic carbocycles. The van der Waals surface area contributed by atoms with E-state index in [-0.39, 0.29) is 0 Å². The van der Waals surface area contributed by atoms with Gasteiger partial charge in [0.05, 0.1) is 0 Å². The van der Waals surface area contributed by atoms with Crippen LogP contribution in [0.5, 0.6) is 0 Å². The topological polar surface area (TPSA) is 18.5 Å². The number of allylic oxidation sites excluding steroid dienone is 4. The first-order chi connectivity index (χ1) is 5.86. The van der Waals surface area contributed by atoms with E-state index in [2.05, 4.69) is 18.2 Å². The summed E-state index contributed by atoms with van der Waals surface area (Å²) in [6, 6.07) is 1.08. The lowest BCUT2D eigenvalue weighted by atomic mass is 10.2. The third-order valence-electron chi connectivity index (χ3n) is 2.07. The van der Waals surface area contributed by atoms with Gasteiger partial charge in [-0.2, -0.15) is 0 Å². The first-order valence-electron chi connectivity index (χ1n) is 4.27. The Bertz CT molecular complexity index is 183. The molecule has 0 aromatic heterocycles. The minimum atomic E-state index is -1.32. The summed E-state index contributed by atoms with van der Waals surface area (Å²) in [7, 11) is 2.16. The summed E-state index contributed by atoms with van der Waals surface area (Å²) >= 11 is 0. The van der Waals surface area contributed by atoms with Crippen LogP contribution in [-0.4, -0.2) is 23.5 Å². The van der Waals surface area contributed by atoms with Crippen molar-refractivity contribution in [3.05, 3.63) is 23.8 Å². The molecule has 0 radical (unpaired) electrons. The molecular weight excluding hydrogens is 168 g/mol. The quantitative estimate of drug-likeness (QED) is 0.606. The maximum absolute atomic E-state index is 5.23. The predicted molar refractivity (Wildman–Crippen MR) is 52.4 cm³/mol. The van der Waals surface area contributed by atoms with Gasteiger partial charge in [-0.3, -0.25) is 0 Å². The van der Waals surface area contributed by atoms with E-state index in [0.29, 0.717) is 0 Å². The number of rotatable bonds is 5. The first kappa shape index (κ1) is 9.70. The highest BCUT2D eigenvalue weighted by molar-refractivity contribution is 6.44. The van der Waals surface area contributed by atoms with Crippen molar-refractivity contribution in [1.29, 1.82) is 0 Å². The third-order valence-corrected chi connectivity index (χ3v) is 3.89. The summed E-state index contributed by atoms with van der Waals surface area (Å²) < 4.78 is 10.5.